The number of aryl methyl sites for hydroxylation is 1. The maximum atomic E-state index is 12.5. The number of fused-ring (bicyclic) bond motifs is 1. The number of non-ortho nitro benzene ring substituents is 1. The molecule has 3 aromatic rings. The number of aromatic nitrogens is 2. The van der Waals surface area contributed by atoms with Gasteiger partial charge in [0.2, 0.25) is 0 Å². The minimum Gasteiger partial charge on any atom is -0.398 e. The molecule has 0 aliphatic heterocycles. The van der Waals surface area contributed by atoms with E-state index in [9.17, 15) is 14.9 Å². The van der Waals surface area contributed by atoms with Gasteiger partial charge < -0.3 is 10.3 Å². The van der Waals surface area contributed by atoms with Crippen LogP contribution in [0.4, 0.5) is 11.4 Å². The SMILES string of the molecule is Cn1c(=O)c(-c2ccccc2N)nc2cc([N+](=O)[O-])ccc21. The molecule has 7 nitrogen and oxygen atoms in total. The molecule has 1 aromatic heterocycles. The first kappa shape index (κ1) is 13.7. The second kappa shape index (κ2) is 4.96. The maximum Gasteiger partial charge on any atom is 0.277 e. The van der Waals surface area contributed by atoms with Crippen LogP contribution in [0.5, 0.6) is 0 Å². The largest absolute Gasteiger partial charge is 0.398 e. The van der Waals surface area contributed by atoms with Crippen molar-refractivity contribution in [1.29, 1.82) is 0 Å². The summed E-state index contributed by atoms with van der Waals surface area (Å²) in [4.78, 5) is 27.2. The van der Waals surface area contributed by atoms with Crippen LogP contribution >= 0.6 is 0 Å². The summed E-state index contributed by atoms with van der Waals surface area (Å²) in [5.74, 6) is 0. The zero-order chi connectivity index (χ0) is 15.9. The molecule has 3 rings (SSSR count). The van der Waals surface area contributed by atoms with E-state index in [0.717, 1.165) is 0 Å². The summed E-state index contributed by atoms with van der Waals surface area (Å²) in [7, 11) is 1.60. The quantitative estimate of drug-likeness (QED) is 0.443. The third-order valence-electron chi connectivity index (χ3n) is 3.49. The number of para-hydroxylation sites is 1. The Morgan fingerprint density at radius 1 is 1.23 bits per heavy atom. The zero-order valence-electron chi connectivity index (χ0n) is 11.7. The standard InChI is InChI=1S/C15H12N4O3/c1-18-13-7-6-9(19(21)22)8-12(13)17-14(15(18)20)10-4-2-3-5-11(10)16/h2-8H,16H2,1H3. The summed E-state index contributed by atoms with van der Waals surface area (Å²) >= 11 is 0. The predicted molar refractivity (Wildman–Crippen MR) is 83.5 cm³/mol. The van der Waals surface area contributed by atoms with Crippen LogP contribution in [0, 0.1) is 10.1 Å². The van der Waals surface area contributed by atoms with Gasteiger partial charge in [0.25, 0.3) is 11.2 Å². The molecule has 0 spiro atoms. The molecule has 0 atom stereocenters. The lowest BCUT2D eigenvalue weighted by Crippen LogP contribution is -2.21. The summed E-state index contributed by atoms with van der Waals surface area (Å²) in [6.07, 6.45) is 0. The van der Waals surface area contributed by atoms with Gasteiger partial charge in [-0.1, -0.05) is 18.2 Å². The monoisotopic (exact) mass is 296 g/mol. The van der Waals surface area contributed by atoms with Crippen LogP contribution in [0.3, 0.4) is 0 Å². The zero-order valence-corrected chi connectivity index (χ0v) is 11.7. The Labute approximate surface area is 124 Å². The van der Waals surface area contributed by atoms with Crippen LogP contribution in [-0.2, 0) is 7.05 Å². The third kappa shape index (κ3) is 2.08. The highest BCUT2D eigenvalue weighted by Crippen LogP contribution is 2.24. The summed E-state index contributed by atoms with van der Waals surface area (Å²) in [5.41, 5.74) is 7.52. The van der Waals surface area contributed by atoms with E-state index in [1.807, 2.05) is 0 Å². The molecule has 0 saturated carbocycles. The summed E-state index contributed by atoms with van der Waals surface area (Å²) in [6.45, 7) is 0. The number of benzene rings is 2. The lowest BCUT2D eigenvalue weighted by Gasteiger charge is -2.09. The van der Waals surface area contributed by atoms with Crippen molar-refractivity contribution in [2.24, 2.45) is 7.05 Å². The number of anilines is 1. The summed E-state index contributed by atoms with van der Waals surface area (Å²) in [6, 6.07) is 11.1. The molecule has 0 fully saturated rings. The van der Waals surface area contributed by atoms with Crippen LogP contribution in [0.1, 0.15) is 0 Å². The van der Waals surface area contributed by atoms with E-state index in [2.05, 4.69) is 4.98 Å². The first-order chi connectivity index (χ1) is 10.5. The fraction of sp³-hybridized carbons (Fsp3) is 0.0667. The molecule has 0 radical (unpaired) electrons. The first-order valence-electron chi connectivity index (χ1n) is 6.49. The van der Waals surface area contributed by atoms with Crippen molar-refractivity contribution < 1.29 is 4.92 Å². The number of nitro groups is 1. The van der Waals surface area contributed by atoms with Gasteiger partial charge in [0.05, 0.1) is 16.0 Å². The average Bonchev–Trinajstić information content (AvgIpc) is 2.51. The third-order valence-corrected chi connectivity index (χ3v) is 3.49. The molecular weight excluding hydrogens is 284 g/mol. The molecule has 0 saturated heterocycles. The highest BCUT2D eigenvalue weighted by atomic mass is 16.6. The number of nitrogens with two attached hydrogens (primary N) is 1. The number of rotatable bonds is 2. The van der Waals surface area contributed by atoms with Gasteiger partial charge >= 0.3 is 0 Å². The number of nitrogen functional groups attached to an aromatic ring is 1. The molecule has 110 valence electrons. The second-order valence-corrected chi connectivity index (χ2v) is 4.84. The van der Waals surface area contributed by atoms with E-state index in [-0.39, 0.29) is 16.9 Å². The van der Waals surface area contributed by atoms with Crippen molar-refractivity contribution in [1.82, 2.24) is 9.55 Å². The van der Waals surface area contributed by atoms with Crippen LogP contribution in [0.2, 0.25) is 0 Å². The normalized spacial score (nSPS) is 10.8. The molecule has 1 heterocycles. The van der Waals surface area contributed by atoms with E-state index in [1.165, 1.54) is 22.8 Å². The molecule has 2 N–H and O–H groups in total. The van der Waals surface area contributed by atoms with Crippen molar-refractivity contribution in [2.45, 2.75) is 0 Å². The van der Waals surface area contributed by atoms with E-state index in [0.29, 0.717) is 22.3 Å². The van der Waals surface area contributed by atoms with Crippen LogP contribution in [0.15, 0.2) is 47.3 Å². The van der Waals surface area contributed by atoms with Crippen molar-refractivity contribution >= 4 is 22.4 Å². The molecular formula is C15H12N4O3. The molecule has 0 amide bonds. The second-order valence-electron chi connectivity index (χ2n) is 4.84. The molecule has 0 aliphatic rings. The fourth-order valence-corrected chi connectivity index (χ4v) is 2.32. The topological polar surface area (TPSA) is 104 Å². The van der Waals surface area contributed by atoms with Gasteiger partial charge in [-0.25, -0.2) is 4.98 Å². The van der Waals surface area contributed by atoms with Crippen LogP contribution < -0.4 is 11.3 Å². The van der Waals surface area contributed by atoms with Gasteiger partial charge in [0, 0.05) is 30.4 Å². The van der Waals surface area contributed by atoms with Gasteiger partial charge in [-0.3, -0.25) is 14.9 Å². The first-order valence-corrected chi connectivity index (χ1v) is 6.49. The van der Waals surface area contributed by atoms with E-state index >= 15 is 0 Å². The maximum absolute atomic E-state index is 12.5. The van der Waals surface area contributed by atoms with E-state index < -0.39 is 4.92 Å². The molecule has 7 heteroatoms. The Kier molecular flexibility index (Phi) is 3.10. The van der Waals surface area contributed by atoms with Gasteiger partial charge in [0.1, 0.15) is 5.69 Å². The minimum absolute atomic E-state index is 0.0781. The molecule has 0 aliphatic carbocycles. The predicted octanol–water partition coefficient (Wildman–Crippen LogP) is 2.09. The smallest absolute Gasteiger partial charge is 0.277 e. The summed E-state index contributed by atoms with van der Waals surface area (Å²) < 4.78 is 1.41. The van der Waals surface area contributed by atoms with Crippen LogP contribution in [-0.4, -0.2) is 14.5 Å². The Hall–Kier alpha value is -3.22. The lowest BCUT2D eigenvalue weighted by atomic mass is 10.1. The fourth-order valence-electron chi connectivity index (χ4n) is 2.32. The molecule has 22 heavy (non-hydrogen) atoms. The molecule has 2 aromatic carbocycles. The van der Waals surface area contributed by atoms with Crippen molar-refractivity contribution in [3.8, 4) is 11.3 Å². The Morgan fingerprint density at radius 2 is 1.95 bits per heavy atom. The molecule has 0 unspecified atom stereocenters. The summed E-state index contributed by atoms with van der Waals surface area (Å²) in [5, 5.41) is 10.9. The Morgan fingerprint density at radius 3 is 2.64 bits per heavy atom. The minimum atomic E-state index is -0.497. The number of hydrogen-bond donors (Lipinski definition) is 1. The Bertz CT molecular complexity index is 963. The van der Waals surface area contributed by atoms with Crippen LogP contribution in [0.25, 0.3) is 22.3 Å². The van der Waals surface area contributed by atoms with Crippen molar-refractivity contribution in [3.63, 3.8) is 0 Å². The Balaban J connectivity index is 2.37. The number of hydrogen-bond acceptors (Lipinski definition) is 5. The van der Waals surface area contributed by atoms with Gasteiger partial charge in [-0.2, -0.15) is 0 Å². The lowest BCUT2D eigenvalue weighted by molar-refractivity contribution is -0.384. The number of nitro benzene ring substituents is 1. The highest BCUT2D eigenvalue weighted by Gasteiger charge is 2.15. The van der Waals surface area contributed by atoms with E-state index in [4.69, 9.17) is 5.73 Å². The number of nitrogens with zero attached hydrogens (tertiary/aromatic N) is 3. The van der Waals surface area contributed by atoms with Crippen molar-refractivity contribution in [3.05, 3.63) is 62.9 Å². The van der Waals surface area contributed by atoms with Gasteiger partial charge in [-0.15, -0.1) is 0 Å². The van der Waals surface area contributed by atoms with Crippen molar-refractivity contribution in [2.75, 3.05) is 5.73 Å². The van der Waals surface area contributed by atoms with E-state index in [1.54, 1.807) is 31.3 Å². The van der Waals surface area contributed by atoms with Gasteiger partial charge in [0.15, 0.2) is 0 Å². The highest BCUT2D eigenvalue weighted by molar-refractivity contribution is 5.82. The van der Waals surface area contributed by atoms with Gasteiger partial charge in [-0.05, 0) is 12.1 Å². The average molecular weight is 296 g/mol. The molecule has 0 bridgehead atoms.